The molecule has 2 N–H and O–H groups in total. The fourth-order valence-corrected chi connectivity index (χ4v) is 2.95. The third kappa shape index (κ3) is 2.61. The van der Waals surface area contributed by atoms with Crippen LogP contribution in [-0.4, -0.2) is 23.2 Å². The van der Waals surface area contributed by atoms with E-state index in [1.54, 1.807) is 30.3 Å². The summed E-state index contributed by atoms with van der Waals surface area (Å²) in [6.45, 7) is 2.86. The Balaban J connectivity index is 2.04. The molecule has 0 atom stereocenters. The summed E-state index contributed by atoms with van der Waals surface area (Å²) in [7, 11) is 0. The minimum atomic E-state index is -0.301. The third-order valence-corrected chi connectivity index (χ3v) is 4.15. The molecule has 2 aromatic carbocycles. The van der Waals surface area contributed by atoms with Crippen molar-refractivity contribution in [2.75, 3.05) is 11.9 Å². The van der Waals surface area contributed by atoms with Crippen LogP contribution in [0.15, 0.2) is 36.4 Å². The molecule has 0 saturated heterocycles. The van der Waals surface area contributed by atoms with Crippen LogP contribution in [0.2, 0.25) is 0 Å². The van der Waals surface area contributed by atoms with E-state index in [1.165, 1.54) is 6.07 Å². The topological polar surface area (TPSA) is 66.4 Å². The Morgan fingerprint density at radius 2 is 1.57 bits per heavy atom. The number of benzene rings is 2. The number of carbonyl (C=O) groups is 2. The van der Waals surface area contributed by atoms with Gasteiger partial charge in [-0.05, 0) is 18.6 Å². The predicted octanol–water partition coefficient (Wildman–Crippen LogP) is 3.77. The van der Waals surface area contributed by atoms with E-state index in [-0.39, 0.29) is 28.4 Å². The van der Waals surface area contributed by atoms with Gasteiger partial charge in [-0.15, -0.1) is 0 Å². The van der Waals surface area contributed by atoms with Gasteiger partial charge in [0, 0.05) is 23.4 Å². The quantitative estimate of drug-likeness (QED) is 0.556. The normalized spacial score (nSPS) is 12.7. The fourth-order valence-electron chi connectivity index (χ4n) is 2.95. The van der Waals surface area contributed by atoms with Crippen LogP contribution in [0.5, 0.6) is 5.75 Å². The first-order chi connectivity index (χ1) is 11.1. The lowest BCUT2D eigenvalue weighted by Crippen LogP contribution is -2.22. The van der Waals surface area contributed by atoms with E-state index in [0.29, 0.717) is 16.8 Å². The molecular formula is C19H19NO3. The lowest BCUT2D eigenvalue weighted by atomic mass is 9.82. The van der Waals surface area contributed by atoms with Crippen molar-refractivity contribution in [1.82, 2.24) is 0 Å². The number of fused-ring (bicyclic) bond motifs is 2. The average molecular weight is 309 g/mol. The number of phenols is 1. The number of unbranched alkanes of at least 4 members (excludes halogenated alkanes) is 2. The summed E-state index contributed by atoms with van der Waals surface area (Å²) in [4.78, 5) is 25.5. The maximum atomic E-state index is 12.8. The maximum absolute atomic E-state index is 12.8. The summed E-state index contributed by atoms with van der Waals surface area (Å²) >= 11 is 0. The molecule has 0 spiro atoms. The van der Waals surface area contributed by atoms with Crippen molar-refractivity contribution in [3.05, 3.63) is 58.7 Å². The molecule has 1 aliphatic rings. The predicted molar refractivity (Wildman–Crippen MR) is 89.4 cm³/mol. The van der Waals surface area contributed by atoms with E-state index in [1.807, 2.05) is 0 Å². The number of carbonyl (C=O) groups excluding carboxylic acids is 2. The van der Waals surface area contributed by atoms with E-state index in [9.17, 15) is 14.7 Å². The molecule has 4 heteroatoms. The fraction of sp³-hybridized carbons (Fsp3) is 0.263. The number of hydrogen-bond donors (Lipinski definition) is 2. The largest absolute Gasteiger partial charge is 0.507 e. The number of rotatable bonds is 5. The molecule has 2 aromatic rings. The maximum Gasteiger partial charge on any atom is 0.198 e. The zero-order valence-electron chi connectivity index (χ0n) is 13.1. The van der Waals surface area contributed by atoms with Crippen LogP contribution < -0.4 is 5.32 Å². The highest BCUT2D eigenvalue weighted by atomic mass is 16.3. The molecule has 0 radical (unpaired) electrons. The summed E-state index contributed by atoms with van der Waals surface area (Å²) in [6.07, 6.45) is 3.20. The summed E-state index contributed by atoms with van der Waals surface area (Å²) in [5.41, 5.74) is 1.75. The summed E-state index contributed by atoms with van der Waals surface area (Å²) in [5, 5.41) is 13.3. The standard InChI is InChI=1S/C19H19NO3/c1-2-3-6-11-20-14-9-10-15(21)17-16(14)18(22)12-7-4-5-8-13(12)19(17)23/h4-5,7-10,20-21H,2-3,6,11H2,1H3. The molecule has 4 nitrogen and oxygen atoms in total. The molecule has 0 aliphatic heterocycles. The summed E-state index contributed by atoms with van der Waals surface area (Å²) in [5.74, 6) is -0.666. The van der Waals surface area contributed by atoms with Gasteiger partial charge in [-0.25, -0.2) is 0 Å². The number of phenolic OH excluding ortho intramolecular Hbond substituents is 1. The first kappa shape index (κ1) is 15.3. The Labute approximate surface area is 135 Å². The molecule has 23 heavy (non-hydrogen) atoms. The first-order valence-corrected chi connectivity index (χ1v) is 7.93. The van der Waals surface area contributed by atoms with Crippen molar-refractivity contribution in [1.29, 1.82) is 0 Å². The van der Waals surface area contributed by atoms with Crippen LogP contribution in [0.4, 0.5) is 5.69 Å². The van der Waals surface area contributed by atoms with Crippen molar-refractivity contribution >= 4 is 17.3 Å². The lowest BCUT2D eigenvalue weighted by Gasteiger charge is -2.21. The van der Waals surface area contributed by atoms with Crippen molar-refractivity contribution in [2.45, 2.75) is 26.2 Å². The molecular weight excluding hydrogens is 290 g/mol. The van der Waals surface area contributed by atoms with Crippen molar-refractivity contribution in [2.24, 2.45) is 0 Å². The molecule has 0 saturated carbocycles. The van der Waals surface area contributed by atoms with Gasteiger partial charge in [-0.2, -0.15) is 0 Å². The van der Waals surface area contributed by atoms with Gasteiger partial charge in [0.1, 0.15) is 5.75 Å². The molecule has 3 rings (SSSR count). The molecule has 1 aliphatic carbocycles. The van der Waals surface area contributed by atoms with Gasteiger partial charge in [0.2, 0.25) is 0 Å². The van der Waals surface area contributed by atoms with E-state index in [4.69, 9.17) is 0 Å². The summed E-state index contributed by atoms with van der Waals surface area (Å²) < 4.78 is 0. The second-order valence-electron chi connectivity index (χ2n) is 5.72. The average Bonchev–Trinajstić information content (AvgIpc) is 2.57. The summed E-state index contributed by atoms with van der Waals surface area (Å²) in [6, 6.07) is 9.88. The molecule has 118 valence electrons. The van der Waals surface area contributed by atoms with Crippen molar-refractivity contribution in [3.8, 4) is 5.75 Å². The second-order valence-corrected chi connectivity index (χ2v) is 5.72. The Bertz CT molecular complexity index is 780. The smallest absolute Gasteiger partial charge is 0.198 e. The monoisotopic (exact) mass is 309 g/mol. The SMILES string of the molecule is CCCCCNc1ccc(O)c2c1C(=O)c1ccccc1C2=O. The van der Waals surface area contributed by atoms with Gasteiger partial charge in [-0.1, -0.05) is 44.0 Å². The lowest BCUT2D eigenvalue weighted by molar-refractivity contribution is 0.0977. The molecule has 0 heterocycles. The van der Waals surface area contributed by atoms with Gasteiger partial charge in [0.05, 0.1) is 11.1 Å². The van der Waals surface area contributed by atoms with Gasteiger partial charge >= 0.3 is 0 Å². The molecule has 0 aromatic heterocycles. The van der Waals surface area contributed by atoms with E-state index in [2.05, 4.69) is 12.2 Å². The Morgan fingerprint density at radius 1 is 0.913 bits per heavy atom. The van der Waals surface area contributed by atoms with Gasteiger partial charge in [0.25, 0.3) is 0 Å². The van der Waals surface area contributed by atoms with Crippen LogP contribution in [0.3, 0.4) is 0 Å². The zero-order valence-corrected chi connectivity index (χ0v) is 13.1. The van der Waals surface area contributed by atoms with Gasteiger partial charge in [-0.3, -0.25) is 9.59 Å². The third-order valence-electron chi connectivity index (χ3n) is 4.15. The molecule has 0 amide bonds. The van der Waals surface area contributed by atoms with Crippen LogP contribution in [-0.2, 0) is 0 Å². The van der Waals surface area contributed by atoms with E-state index in [0.717, 1.165) is 25.8 Å². The first-order valence-electron chi connectivity index (χ1n) is 7.93. The molecule has 0 bridgehead atoms. The highest BCUT2D eigenvalue weighted by Gasteiger charge is 2.33. The van der Waals surface area contributed by atoms with Crippen LogP contribution >= 0.6 is 0 Å². The Hall–Kier alpha value is -2.62. The van der Waals surface area contributed by atoms with E-state index >= 15 is 0 Å². The molecule has 0 fully saturated rings. The highest BCUT2D eigenvalue weighted by molar-refractivity contribution is 6.31. The zero-order chi connectivity index (χ0) is 16.4. The van der Waals surface area contributed by atoms with E-state index < -0.39 is 0 Å². The highest BCUT2D eigenvalue weighted by Crippen LogP contribution is 2.36. The Morgan fingerprint density at radius 3 is 2.22 bits per heavy atom. The number of aromatic hydroxyl groups is 1. The van der Waals surface area contributed by atoms with Crippen molar-refractivity contribution < 1.29 is 14.7 Å². The van der Waals surface area contributed by atoms with Crippen molar-refractivity contribution in [3.63, 3.8) is 0 Å². The minimum Gasteiger partial charge on any atom is -0.507 e. The van der Waals surface area contributed by atoms with Crippen LogP contribution in [0.25, 0.3) is 0 Å². The van der Waals surface area contributed by atoms with Gasteiger partial charge < -0.3 is 10.4 Å². The second kappa shape index (κ2) is 6.24. The molecule has 0 unspecified atom stereocenters. The number of nitrogens with one attached hydrogen (secondary N) is 1. The number of hydrogen-bond acceptors (Lipinski definition) is 4. The van der Waals surface area contributed by atoms with Gasteiger partial charge in [0.15, 0.2) is 11.6 Å². The minimum absolute atomic E-state index is 0.106. The Kier molecular flexibility index (Phi) is 4.15. The number of ketones is 2. The van der Waals surface area contributed by atoms with Crippen LogP contribution in [0, 0.1) is 0 Å². The van der Waals surface area contributed by atoms with Crippen LogP contribution in [0.1, 0.15) is 58.0 Å². The number of anilines is 1.